The molecule has 1 aliphatic rings. The van der Waals surface area contributed by atoms with Crippen LogP contribution in [0, 0.1) is 6.92 Å². The summed E-state index contributed by atoms with van der Waals surface area (Å²) in [6, 6.07) is -0.482. The minimum Gasteiger partial charge on any atom is -0.357 e. The van der Waals surface area contributed by atoms with Gasteiger partial charge in [0.15, 0.2) is 0 Å². The molecule has 1 aromatic rings. The van der Waals surface area contributed by atoms with Crippen LogP contribution in [-0.4, -0.2) is 49.4 Å². The number of likely N-dealkylation sites (N-methyl/N-ethyl adjacent to an activating group) is 1. The van der Waals surface area contributed by atoms with Crippen LogP contribution in [0.5, 0.6) is 0 Å². The Morgan fingerprint density at radius 2 is 2.32 bits per heavy atom. The Labute approximate surface area is 120 Å². The Morgan fingerprint density at radius 1 is 1.58 bits per heavy atom. The molecule has 7 heteroatoms. The van der Waals surface area contributed by atoms with Crippen molar-refractivity contribution in [1.29, 1.82) is 0 Å². The lowest BCUT2D eigenvalue weighted by Gasteiger charge is -2.34. The third kappa shape index (κ3) is 2.75. The number of amides is 2. The molecule has 1 unspecified atom stereocenters. The molecule has 0 radical (unpaired) electrons. The van der Waals surface area contributed by atoms with Gasteiger partial charge in [0.05, 0.1) is 5.02 Å². The average Bonchev–Trinajstić information content (AvgIpc) is 2.77. The summed E-state index contributed by atoms with van der Waals surface area (Å²) in [5.74, 6) is -0.330. The Hall–Kier alpha value is -1.11. The van der Waals surface area contributed by atoms with Crippen molar-refractivity contribution in [2.75, 3.05) is 26.7 Å². The summed E-state index contributed by atoms with van der Waals surface area (Å²) in [6.07, 6.45) is 0. The van der Waals surface area contributed by atoms with E-state index >= 15 is 0 Å². The molecule has 19 heavy (non-hydrogen) atoms. The summed E-state index contributed by atoms with van der Waals surface area (Å²) < 4.78 is 0. The van der Waals surface area contributed by atoms with E-state index in [0.717, 1.165) is 5.56 Å². The summed E-state index contributed by atoms with van der Waals surface area (Å²) in [5.41, 5.74) is 0.890. The van der Waals surface area contributed by atoms with Gasteiger partial charge in [0.2, 0.25) is 5.91 Å². The SMILES string of the molecule is CNC(=O)C1CNCCN1C(=O)c1scc(C)c1Cl. The van der Waals surface area contributed by atoms with Gasteiger partial charge in [-0.05, 0) is 17.9 Å². The standard InChI is InChI=1S/C12H16ClN3O2S/c1-7-6-19-10(9(7)13)12(18)16-4-3-15-5-8(16)11(17)14-2/h6,8,15H,3-5H2,1-2H3,(H,14,17). The molecule has 104 valence electrons. The Kier molecular flexibility index (Phi) is 4.44. The molecule has 1 saturated heterocycles. The van der Waals surface area contributed by atoms with Gasteiger partial charge < -0.3 is 15.5 Å². The van der Waals surface area contributed by atoms with Gasteiger partial charge in [-0.1, -0.05) is 11.6 Å². The number of thiophene rings is 1. The highest BCUT2D eigenvalue weighted by Crippen LogP contribution is 2.29. The van der Waals surface area contributed by atoms with E-state index in [1.165, 1.54) is 11.3 Å². The van der Waals surface area contributed by atoms with Gasteiger partial charge >= 0.3 is 0 Å². The van der Waals surface area contributed by atoms with Crippen LogP contribution in [-0.2, 0) is 4.79 Å². The van der Waals surface area contributed by atoms with E-state index < -0.39 is 6.04 Å². The number of hydrogen-bond acceptors (Lipinski definition) is 4. The van der Waals surface area contributed by atoms with E-state index in [9.17, 15) is 9.59 Å². The largest absolute Gasteiger partial charge is 0.357 e. The summed E-state index contributed by atoms with van der Waals surface area (Å²) >= 11 is 7.45. The Balaban J connectivity index is 2.25. The van der Waals surface area contributed by atoms with Crippen LogP contribution in [0.2, 0.25) is 5.02 Å². The van der Waals surface area contributed by atoms with Crippen LogP contribution in [0.15, 0.2) is 5.38 Å². The van der Waals surface area contributed by atoms with Crippen LogP contribution in [0.25, 0.3) is 0 Å². The van der Waals surface area contributed by atoms with Crippen LogP contribution in [0.4, 0.5) is 0 Å². The topological polar surface area (TPSA) is 61.4 Å². The van der Waals surface area contributed by atoms with Gasteiger partial charge in [0, 0.05) is 26.7 Å². The number of carbonyl (C=O) groups is 2. The van der Waals surface area contributed by atoms with Gasteiger partial charge in [0.1, 0.15) is 10.9 Å². The fraction of sp³-hybridized carbons (Fsp3) is 0.500. The second-order valence-corrected chi connectivity index (χ2v) is 5.65. The molecule has 0 aromatic carbocycles. The third-order valence-electron chi connectivity index (χ3n) is 3.15. The highest BCUT2D eigenvalue weighted by Gasteiger charge is 2.33. The molecule has 0 spiro atoms. The minimum atomic E-state index is -0.482. The first-order valence-corrected chi connectivity index (χ1v) is 7.29. The highest BCUT2D eigenvalue weighted by atomic mass is 35.5. The number of rotatable bonds is 2. The zero-order valence-corrected chi connectivity index (χ0v) is 12.4. The lowest BCUT2D eigenvalue weighted by atomic mass is 10.1. The van der Waals surface area contributed by atoms with Crippen LogP contribution < -0.4 is 10.6 Å². The van der Waals surface area contributed by atoms with Crippen LogP contribution in [0.3, 0.4) is 0 Å². The number of aryl methyl sites for hydroxylation is 1. The first-order valence-electron chi connectivity index (χ1n) is 6.03. The number of nitrogens with one attached hydrogen (secondary N) is 2. The van der Waals surface area contributed by atoms with Gasteiger partial charge in [-0.25, -0.2) is 0 Å². The Bertz CT molecular complexity index is 503. The Morgan fingerprint density at radius 3 is 2.89 bits per heavy atom. The zero-order chi connectivity index (χ0) is 14.0. The summed E-state index contributed by atoms with van der Waals surface area (Å²) in [5, 5.41) is 8.05. The molecule has 2 heterocycles. The predicted octanol–water partition coefficient (Wildman–Crippen LogP) is 0.870. The van der Waals surface area contributed by atoms with Crippen molar-refractivity contribution in [3.05, 3.63) is 20.8 Å². The second kappa shape index (κ2) is 5.90. The molecule has 0 saturated carbocycles. The lowest BCUT2D eigenvalue weighted by molar-refractivity contribution is -0.125. The summed E-state index contributed by atoms with van der Waals surface area (Å²) in [7, 11) is 1.57. The maximum Gasteiger partial charge on any atom is 0.266 e. The van der Waals surface area contributed by atoms with Crippen molar-refractivity contribution < 1.29 is 9.59 Å². The monoisotopic (exact) mass is 301 g/mol. The maximum absolute atomic E-state index is 12.5. The number of nitrogens with zero attached hydrogens (tertiary/aromatic N) is 1. The predicted molar refractivity (Wildman–Crippen MR) is 75.8 cm³/mol. The molecule has 2 rings (SSSR count). The molecule has 1 aromatic heterocycles. The van der Waals surface area contributed by atoms with E-state index in [-0.39, 0.29) is 11.8 Å². The summed E-state index contributed by atoms with van der Waals surface area (Å²) in [6.45, 7) is 3.52. The van der Waals surface area contributed by atoms with Crippen LogP contribution >= 0.6 is 22.9 Å². The summed E-state index contributed by atoms with van der Waals surface area (Å²) in [4.78, 5) is 26.4. The second-order valence-electron chi connectivity index (χ2n) is 4.39. The van der Waals surface area contributed by atoms with Crippen molar-refractivity contribution in [3.8, 4) is 0 Å². The molecule has 1 fully saturated rings. The molecular formula is C12H16ClN3O2S. The van der Waals surface area contributed by atoms with Crippen molar-refractivity contribution in [1.82, 2.24) is 15.5 Å². The minimum absolute atomic E-state index is 0.162. The average molecular weight is 302 g/mol. The van der Waals surface area contributed by atoms with Crippen molar-refractivity contribution in [3.63, 3.8) is 0 Å². The number of piperazine rings is 1. The maximum atomic E-state index is 12.5. The van der Waals surface area contributed by atoms with E-state index in [2.05, 4.69) is 10.6 Å². The molecule has 0 aliphatic carbocycles. The molecule has 2 amide bonds. The smallest absolute Gasteiger partial charge is 0.266 e. The van der Waals surface area contributed by atoms with E-state index in [4.69, 9.17) is 11.6 Å². The molecule has 2 N–H and O–H groups in total. The first kappa shape index (κ1) is 14.3. The third-order valence-corrected chi connectivity index (χ3v) is 4.83. The number of hydrogen-bond donors (Lipinski definition) is 2. The molecule has 1 aliphatic heterocycles. The lowest BCUT2D eigenvalue weighted by Crippen LogP contribution is -2.59. The van der Waals surface area contributed by atoms with Crippen molar-refractivity contribution >= 4 is 34.8 Å². The van der Waals surface area contributed by atoms with Crippen molar-refractivity contribution in [2.45, 2.75) is 13.0 Å². The fourth-order valence-electron chi connectivity index (χ4n) is 2.05. The number of carbonyl (C=O) groups excluding carboxylic acids is 2. The van der Waals surface area contributed by atoms with Gasteiger partial charge in [-0.2, -0.15) is 0 Å². The van der Waals surface area contributed by atoms with Gasteiger partial charge in [-0.3, -0.25) is 9.59 Å². The molecule has 0 bridgehead atoms. The van der Waals surface area contributed by atoms with Gasteiger partial charge in [-0.15, -0.1) is 11.3 Å². The number of halogens is 1. The fourth-order valence-corrected chi connectivity index (χ4v) is 3.28. The zero-order valence-electron chi connectivity index (χ0n) is 10.8. The van der Waals surface area contributed by atoms with E-state index in [0.29, 0.717) is 29.5 Å². The normalized spacial score (nSPS) is 19.3. The van der Waals surface area contributed by atoms with E-state index in [1.54, 1.807) is 11.9 Å². The molecule has 5 nitrogen and oxygen atoms in total. The quantitative estimate of drug-likeness (QED) is 0.852. The molecular weight excluding hydrogens is 286 g/mol. The first-order chi connectivity index (χ1) is 9.06. The van der Waals surface area contributed by atoms with Gasteiger partial charge in [0.25, 0.3) is 5.91 Å². The van der Waals surface area contributed by atoms with Crippen molar-refractivity contribution in [2.24, 2.45) is 0 Å². The van der Waals surface area contributed by atoms with Crippen LogP contribution in [0.1, 0.15) is 15.2 Å². The van der Waals surface area contributed by atoms with E-state index in [1.807, 2.05) is 12.3 Å². The molecule has 1 atom stereocenters. The highest BCUT2D eigenvalue weighted by molar-refractivity contribution is 7.13.